The van der Waals surface area contributed by atoms with Gasteiger partial charge in [-0.05, 0) is 13.0 Å². The molecule has 154 valence electrons. The van der Waals surface area contributed by atoms with Crippen LogP contribution >= 0.6 is 0 Å². The lowest BCUT2D eigenvalue weighted by Gasteiger charge is -2.44. The minimum Gasteiger partial charge on any atom is -0.472 e. The van der Waals surface area contributed by atoms with Crippen molar-refractivity contribution in [1.29, 1.82) is 0 Å². The Kier molecular flexibility index (Phi) is 5.78. The number of aliphatic hydroxyl groups excluding tert-OH is 5. The SMILES string of the molecule is CC(=O)OC1(C)CC(O)C2C=COC(OC3OC(CO)C(O)C(O)C3O)C21. The third kappa shape index (κ3) is 3.70. The van der Waals surface area contributed by atoms with E-state index in [2.05, 4.69) is 0 Å². The van der Waals surface area contributed by atoms with Crippen molar-refractivity contribution in [2.24, 2.45) is 11.8 Å². The molecule has 0 aromatic carbocycles. The van der Waals surface area contributed by atoms with Crippen LogP contribution in [0, 0.1) is 11.8 Å². The zero-order valence-corrected chi connectivity index (χ0v) is 15.0. The fraction of sp³-hybridized carbons (Fsp3) is 0.824. The highest BCUT2D eigenvalue weighted by Gasteiger charge is 2.58. The van der Waals surface area contributed by atoms with Gasteiger partial charge in [0.25, 0.3) is 0 Å². The third-order valence-electron chi connectivity index (χ3n) is 5.48. The lowest BCUT2D eigenvalue weighted by Crippen LogP contribution is -2.60. The number of ether oxygens (including phenoxy) is 4. The average Bonchev–Trinajstić information content (AvgIpc) is 2.86. The molecule has 0 bridgehead atoms. The molecule has 2 fully saturated rings. The first kappa shape index (κ1) is 20.5. The second-order valence-corrected chi connectivity index (χ2v) is 7.45. The first-order valence-corrected chi connectivity index (χ1v) is 8.83. The Balaban J connectivity index is 1.81. The summed E-state index contributed by atoms with van der Waals surface area (Å²) in [4.78, 5) is 11.5. The van der Waals surface area contributed by atoms with E-state index in [1.165, 1.54) is 13.2 Å². The highest BCUT2D eigenvalue weighted by atomic mass is 16.8. The monoisotopic (exact) mass is 390 g/mol. The molecule has 0 spiro atoms. The van der Waals surface area contributed by atoms with E-state index in [0.29, 0.717) is 0 Å². The molecule has 27 heavy (non-hydrogen) atoms. The summed E-state index contributed by atoms with van der Waals surface area (Å²) in [5, 5.41) is 49.6. The van der Waals surface area contributed by atoms with Crippen molar-refractivity contribution in [3.8, 4) is 0 Å². The molecule has 5 N–H and O–H groups in total. The zero-order valence-electron chi connectivity index (χ0n) is 15.0. The summed E-state index contributed by atoms with van der Waals surface area (Å²) in [6, 6.07) is 0. The molecule has 0 aromatic rings. The number of aliphatic hydroxyl groups is 5. The van der Waals surface area contributed by atoms with Gasteiger partial charge in [0.1, 0.15) is 30.0 Å². The maximum absolute atomic E-state index is 11.5. The number of carbonyl (C=O) groups is 1. The summed E-state index contributed by atoms with van der Waals surface area (Å²) < 4.78 is 22.0. The molecule has 10 nitrogen and oxygen atoms in total. The largest absolute Gasteiger partial charge is 0.472 e. The first-order valence-electron chi connectivity index (χ1n) is 8.83. The average molecular weight is 390 g/mol. The smallest absolute Gasteiger partial charge is 0.303 e. The van der Waals surface area contributed by atoms with Gasteiger partial charge in [0.15, 0.2) is 6.29 Å². The molecule has 10 heteroatoms. The van der Waals surface area contributed by atoms with Gasteiger partial charge in [0.05, 0.1) is 24.9 Å². The van der Waals surface area contributed by atoms with E-state index in [0.717, 1.165) is 0 Å². The highest BCUT2D eigenvalue weighted by Crippen LogP contribution is 2.48. The molecule has 2 aliphatic heterocycles. The Morgan fingerprint density at radius 3 is 2.52 bits per heavy atom. The van der Waals surface area contributed by atoms with Crippen LogP contribution in [0.1, 0.15) is 20.3 Å². The van der Waals surface area contributed by atoms with E-state index < -0.39 is 73.1 Å². The summed E-state index contributed by atoms with van der Waals surface area (Å²) in [7, 11) is 0. The minimum absolute atomic E-state index is 0.171. The predicted molar refractivity (Wildman–Crippen MR) is 86.6 cm³/mol. The van der Waals surface area contributed by atoms with Gasteiger partial charge in [-0.2, -0.15) is 0 Å². The number of hydrogen-bond acceptors (Lipinski definition) is 10. The van der Waals surface area contributed by atoms with Gasteiger partial charge in [-0.15, -0.1) is 0 Å². The first-order chi connectivity index (χ1) is 12.7. The van der Waals surface area contributed by atoms with E-state index in [4.69, 9.17) is 18.9 Å². The van der Waals surface area contributed by atoms with Crippen LogP contribution in [0.4, 0.5) is 0 Å². The summed E-state index contributed by atoms with van der Waals surface area (Å²) in [6.45, 7) is 2.33. The summed E-state index contributed by atoms with van der Waals surface area (Å²) in [5.41, 5.74) is -1.08. The topological polar surface area (TPSA) is 155 Å². The van der Waals surface area contributed by atoms with E-state index in [1.54, 1.807) is 13.0 Å². The van der Waals surface area contributed by atoms with Crippen LogP contribution < -0.4 is 0 Å². The number of rotatable bonds is 4. The van der Waals surface area contributed by atoms with Gasteiger partial charge in [0, 0.05) is 19.3 Å². The molecule has 0 radical (unpaired) electrons. The second-order valence-electron chi connectivity index (χ2n) is 7.45. The molecule has 1 saturated heterocycles. The lowest BCUT2D eigenvalue weighted by molar-refractivity contribution is -0.346. The van der Waals surface area contributed by atoms with Gasteiger partial charge >= 0.3 is 5.97 Å². The van der Waals surface area contributed by atoms with Crippen LogP contribution in [0.5, 0.6) is 0 Å². The number of esters is 1. The Bertz CT molecular complexity index is 580. The van der Waals surface area contributed by atoms with Crippen LogP contribution in [-0.4, -0.2) is 86.8 Å². The fourth-order valence-corrected chi connectivity index (χ4v) is 4.22. The van der Waals surface area contributed by atoms with Crippen LogP contribution in [0.15, 0.2) is 12.3 Å². The van der Waals surface area contributed by atoms with Crippen LogP contribution in [0.3, 0.4) is 0 Å². The molecule has 1 aliphatic carbocycles. The molecule has 3 aliphatic rings. The second kappa shape index (κ2) is 7.63. The van der Waals surface area contributed by atoms with Gasteiger partial charge in [-0.3, -0.25) is 4.79 Å². The molecule has 3 rings (SSSR count). The van der Waals surface area contributed by atoms with E-state index in [1.807, 2.05) is 0 Å². The van der Waals surface area contributed by atoms with Gasteiger partial charge in [0.2, 0.25) is 6.29 Å². The maximum Gasteiger partial charge on any atom is 0.303 e. The van der Waals surface area contributed by atoms with E-state index in [9.17, 15) is 30.3 Å². The predicted octanol–water partition coefficient (Wildman–Crippen LogP) is -2.01. The Labute approximate surface area is 155 Å². The standard InChI is InChI=1S/C17H26O10/c1-7(19)27-17(2)5-9(20)8-3-4-24-15(11(8)17)26-16-14(23)13(22)12(21)10(6-18)25-16/h3-4,8-16,18,20-23H,5-6H2,1-2H3. The summed E-state index contributed by atoms with van der Waals surface area (Å²) >= 11 is 0. The van der Waals surface area contributed by atoms with Crippen LogP contribution in [0.2, 0.25) is 0 Å². The van der Waals surface area contributed by atoms with Crippen molar-refractivity contribution in [2.75, 3.05) is 6.61 Å². The Morgan fingerprint density at radius 1 is 1.19 bits per heavy atom. The van der Waals surface area contributed by atoms with E-state index in [-0.39, 0.29) is 6.42 Å². The highest BCUT2D eigenvalue weighted by molar-refractivity contribution is 5.66. The van der Waals surface area contributed by atoms with Gasteiger partial charge in [-0.1, -0.05) is 0 Å². The van der Waals surface area contributed by atoms with E-state index >= 15 is 0 Å². The molecular weight excluding hydrogens is 364 g/mol. The molecule has 0 amide bonds. The summed E-state index contributed by atoms with van der Waals surface area (Å²) in [6.07, 6.45) is -5.92. The fourth-order valence-electron chi connectivity index (χ4n) is 4.22. The van der Waals surface area contributed by atoms with Gasteiger partial charge in [-0.25, -0.2) is 0 Å². The van der Waals surface area contributed by atoms with Gasteiger partial charge < -0.3 is 44.5 Å². The normalized spacial score (nSPS) is 49.4. The third-order valence-corrected chi connectivity index (χ3v) is 5.48. The van der Waals surface area contributed by atoms with Crippen molar-refractivity contribution < 1.29 is 49.3 Å². The number of carbonyl (C=O) groups excluding carboxylic acids is 1. The number of fused-ring (bicyclic) bond motifs is 1. The molecule has 2 heterocycles. The Hall–Kier alpha value is -1.27. The molecule has 0 aromatic heterocycles. The molecule has 1 saturated carbocycles. The van der Waals surface area contributed by atoms with Crippen molar-refractivity contribution in [3.63, 3.8) is 0 Å². The minimum atomic E-state index is -1.60. The van der Waals surface area contributed by atoms with Crippen molar-refractivity contribution in [3.05, 3.63) is 12.3 Å². The molecular formula is C17H26O10. The van der Waals surface area contributed by atoms with Crippen molar-refractivity contribution >= 4 is 5.97 Å². The number of hydrogen-bond donors (Lipinski definition) is 5. The quantitative estimate of drug-likeness (QED) is 0.340. The molecule has 10 unspecified atom stereocenters. The zero-order chi connectivity index (χ0) is 19.9. The Morgan fingerprint density at radius 2 is 1.89 bits per heavy atom. The lowest BCUT2D eigenvalue weighted by atomic mass is 9.84. The van der Waals surface area contributed by atoms with Crippen LogP contribution in [0.25, 0.3) is 0 Å². The van der Waals surface area contributed by atoms with Crippen molar-refractivity contribution in [1.82, 2.24) is 0 Å². The maximum atomic E-state index is 11.5. The van der Waals surface area contributed by atoms with Crippen molar-refractivity contribution in [2.45, 2.75) is 69.0 Å². The summed E-state index contributed by atoms with van der Waals surface area (Å²) in [5.74, 6) is -1.54. The van der Waals surface area contributed by atoms with Crippen LogP contribution in [-0.2, 0) is 23.7 Å². The molecule has 10 atom stereocenters.